The molecule has 0 saturated carbocycles. The summed E-state index contributed by atoms with van der Waals surface area (Å²) < 4.78 is 27.9. The van der Waals surface area contributed by atoms with Crippen LogP contribution in [0.5, 0.6) is 0 Å². The summed E-state index contributed by atoms with van der Waals surface area (Å²) in [4.78, 5) is 0. The molecule has 0 aromatic carbocycles. The van der Waals surface area contributed by atoms with E-state index in [9.17, 15) is 7.84 Å². The molecule has 0 aliphatic carbocycles. The molecule has 0 fully saturated rings. The summed E-state index contributed by atoms with van der Waals surface area (Å²) in [6.45, 7) is 0. The molecule has 44 valence electrons. The number of hydrogen-bond acceptors (Lipinski definition) is 4. The molecule has 0 aliphatic rings. The molecule has 0 aliphatic heterocycles. The van der Waals surface area contributed by atoms with Gasteiger partial charge in [0.1, 0.15) is 0 Å². The smallest absolute Gasteiger partial charge is 1.00 e. The van der Waals surface area contributed by atoms with Gasteiger partial charge in [-0.15, -0.1) is 0 Å². The van der Waals surface area contributed by atoms with Crippen molar-refractivity contribution in [1.82, 2.24) is 0 Å². The molecule has 0 spiro atoms. The van der Waals surface area contributed by atoms with E-state index in [-0.39, 0.29) is 29.6 Å². The topological polar surface area (TPSA) is 58.6 Å². The van der Waals surface area contributed by atoms with E-state index in [1.165, 1.54) is 0 Å². The minimum atomic E-state index is -4.44. The maximum atomic E-state index is 10.0. The normalized spacial score (nSPS) is 10.4. The largest absolute Gasteiger partial charge is 1.00 e. The van der Waals surface area contributed by atoms with Gasteiger partial charge in [0.15, 0.2) is 0 Å². The summed E-state index contributed by atoms with van der Waals surface area (Å²) >= 11 is -4.44. The second kappa shape index (κ2) is 5.06. The van der Waals surface area contributed by atoms with Gasteiger partial charge in [0.05, 0.1) is 0 Å². The Morgan fingerprint density at radius 1 is 1.38 bits per heavy atom. The van der Waals surface area contributed by atoms with Gasteiger partial charge in [0.2, 0.25) is 0 Å². The third-order valence-corrected chi connectivity index (χ3v) is 2.32. The van der Waals surface area contributed by atoms with Crippen LogP contribution in [0.2, 0.25) is 0 Å². The second-order valence-corrected chi connectivity index (χ2v) is 4.22. The van der Waals surface area contributed by atoms with Gasteiger partial charge in [0, 0.05) is 0 Å². The zero-order chi connectivity index (χ0) is 5.91. The molecule has 0 bridgehead atoms. The third kappa shape index (κ3) is 5.38. The molecule has 0 aromatic heterocycles. The predicted molar refractivity (Wildman–Crippen MR) is 20.5 cm³/mol. The Morgan fingerprint density at radius 3 is 1.62 bits per heavy atom. The molecule has 0 heterocycles. The van der Waals surface area contributed by atoms with Crippen molar-refractivity contribution in [2.45, 2.75) is 0 Å². The Balaban J connectivity index is 0. The van der Waals surface area contributed by atoms with Crippen LogP contribution >= 0.6 is 0 Å². The van der Waals surface area contributed by atoms with E-state index in [2.05, 4.69) is 7.45 Å². The number of hydrogen-bond donors (Lipinski definition) is 0. The summed E-state index contributed by atoms with van der Waals surface area (Å²) in [7, 11) is 2.13. The fraction of sp³-hybridized carbons (Fsp3) is 1.00. The van der Waals surface area contributed by atoms with Crippen molar-refractivity contribution in [3.63, 3.8) is 0 Å². The first-order chi connectivity index (χ1) is 3.12. The fourth-order valence-corrected chi connectivity index (χ4v) is 0.387. The molecule has 0 amide bonds. The van der Waals surface area contributed by atoms with Crippen LogP contribution in [-0.2, 0) is 11.2 Å². The van der Waals surface area contributed by atoms with E-state index >= 15 is 0 Å². The van der Waals surface area contributed by atoms with Crippen molar-refractivity contribution >= 4 is 14.5 Å². The molecule has 0 aromatic rings. The minimum absolute atomic E-state index is 0. The number of rotatable bonds is 2. The van der Waals surface area contributed by atoms with Crippen molar-refractivity contribution in [2.24, 2.45) is 0 Å². The third-order valence-electron chi connectivity index (χ3n) is 0.447. The molecule has 0 N–H and O–H groups in total. The Bertz CT molecular complexity index is 86.0. The van der Waals surface area contributed by atoms with Crippen molar-refractivity contribution in [3.8, 4) is 0 Å². The van der Waals surface area contributed by atoms with Crippen LogP contribution in [0.4, 0.5) is 0 Å². The molecule has 8 heavy (non-hydrogen) atoms. The van der Waals surface area contributed by atoms with Gasteiger partial charge in [-0.2, -0.15) is 0 Å². The quantitative estimate of drug-likeness (QED) is 0.414. The van der Waals surface area contributed by atoms with E-state index < -0.39 is 14.5 Å². The first kappa shape index (κ1) is 12.0. The van der Waals surface area contributed by atoms with Crippen molar-refractivity contribution in [3.05, 3.63) is 0 Å². The Morgan fingerprint density at radius 2 is 1.62 bits per heavy atom. The van der Waals surface area contributed by atoms with Crippen LogP contribution in [0.1, 0.15) is 0 Å². The standard InChI is InChI=1S/C2H7AsO4.Na/c1-6-3(4,5)7-2;/h1-2H3,(H,4,5);/q;+1/p-1. The van der Waals surface area contributed by atoms with Gasteiger partial charge in [-0.3, -0.25) is 0 Å². The summed E-state index contributed by atoms with van der Waals surface area (Å²) in [6, 6.07) is 0. The average molecular weight is 192 g/mol. The predicted octanol–water partition coefficient (Wildman–Crippen LogP) is -4.49. The Labute approximate surface area is 73.2 Å². The summed E-state index contributed by atoms with van der Waals surface area (Å²) in [5, 5.41) is 0. The summed E-state index contributed by atoms with van der Waals surface area (Å²) in [6.07, 6.45) is 0. The van der Waals surface area contributed by atoms with Crippen LogP contribution in [0.25, 0.3) is 0 Å². The molecule has 0 rings (SSSR count). The van der Waals surface area contributed by atoms with E-state index in [4.69, 9.17) is 0 Å². The van der Waals surface area contributed by atoms with Gasteiger partial charge in [-0.25, -0.2) is 0 Å². The van der Waals surface area contributed by atoms with Crippen LogP contribution in [-0.4, -0.2) is 28.7 Å². The van der Waals surface area contributed by atoms with Crippen LogP contribution in [0, 0.1) is 0 Å². The van der Waals surface area contributed by atoms with Gasteiger partial charge in [-0.1, -0.05) is 0 Å². The van der Waals surface area contributed by atoms with E-state index in [0.29, 0.717) is 0 Å². The van der Waals surface area contributed by atoms with E-state index in [1.807, 2.05) is 0 Å². The maximum Gasteiger partial charge on any atom is 1.00 e. The van der Waals surface area contributed by atoms with Crippen molar-refractivity contribution in [2.75, 3.05) is 14.2 Å². The SMILES string of the molecule is CO[As](=O)([O-])OC.[Na+]. The Kier molecular flexibility index (Phi) is 7.57. The minimum Gasteiger partial charge on any atom is 1.00 e. The monoisotopic (exact) mass is 192 g/mol. The molecule has 0 saturated heterocycles. The molecule has 6 heteroatoms. The van der Waals surface area contributed by atoms with Crippen molar-refractivity contribution < 1.29 is 44.8 Å². The van der Waals surface area contributed by atoms with Crippen LogP contribution in [0.3, 0.4) is 0 Å². The summed E-state index contributed by atoms with van der Waals surface area (Å²) in [5.41, 5.74) is 0. The fourth-order valence-electron chi connectivity index (χ4n) is 0.0745. The molecule has 0 atom stereocenters. The zero-order valence-corrected chi connectivity index (χ0v) is 8.96. The van der Waals surface area contributed by atoms with Crippen LogP contribution < -0.4 is 33.7 Å². The second-order valence-electron chi connectivity index (χ2n) is 0.812. The van der Waals surface area contributed by atoms with Gasteiger partial charge >= 0.3 is 73.6 Å². The van der Waals surface area contributed by atoms with E-state index in [1.54, 1.807) is 0 Å². The Hall–Kier alpha value is 1.24. The molecular weight excluding hydrogens is 186 g/mol. The van der Waals surface area contributed by atoms with Gasteiger partial charge in [-0.05, 0) is 0 Å². The molecule has 0 unspecified atom stereocenters. The molecule has 0 radical (unpaired) electrons. The van der Waals surface area contributed by atoms with Crippen LogP contribution in [0.15, 0.2) is 0 Å². The summed E-state index contributed by atoms with van der Waals surface area (Å²) in [5.74, 6) is 0. The van der Waals surface area contributed by atoms with Crippen molar-refractivity contribution in [1.29, 1.82) is 0 Å². The zero-order valence-electron chi connectivity index (χ0n) is 5.08. The molecular formula is C2H6AsNaO4. The van der Waals surface area contributed by atoms with Gasteiger partial charge < -0.3 is 0 Å². The average Bonchev–Trinajstić information content (AvgIpc) is 1.68. The van der Waals surface area contributed by atoms with E-state index in [0.717, 1.165) is 14.2 Å². The first-order valence-electron chi connectivity index (χ1n) is 1.55. The maximum absolute atomic E-state index is 10.0. The molecule has 4 nitrogen and oxygen atoms in total. The first-order valence-corrected chi connectivity index (χ1v) is 4.61. The van der Waals surface area contributed by atoms with Gasteiger partial charge in [0.25, 0.3) is 0 Å².